The van der Waals surface area contributed by atoms with E-state index in [9.17, 15) is 9.59 Å². The van der Waals surface area contributed by atoms with Crippen LogP contribution in [0.25, 0.3) is 12.2 Å². The van der Waals surface area contributed by atoms with Crippen molar-refractivity contribution in [1.82, 2.24) is 4.90 Å². The van der Waals surface area contributed by atoms with Crippen molar-refractivity contribution in [2.45, 2.75) is 12.8 Å². The molecule has 0 spiro atoms. The summed E-state index contributed by atoms with van der Waals surface area (Å²) in [6.45, 7) is 0.426. The number of imide groups is 1. The Morgan fingerprint density at radius 3 is 2.03 bits per heavy atom. The van der Waals surface area contributed by atoms with E-state index in [4.69, 9.17) is 11.6 Å². The van der Waals surface area contributed by atoms with Crippen molar-refractivity contribution < 1.29 is 9.59 Å². The van der Waals surface area contributed by atoms with E-state index in [1.54, 1.807) is 24.3 Å². The summed E-state index contributed by atoms with van der Waals surface area (Å²) in [6, 6.07) is 23.0. The average Bonchev–Trinajstić information content (AvgIpc) is 2.98. The SMILES string of the molecule is O=C1c2ccccc2C(=O)N1CCCc1cccc(C=Cc2cccc(Cl)c2)c1. The lowest BCUT2D eigenvalue weighted by atomic mass is 10.1. The Balaban J connectivity index is 1.37. The van der Waals surface area contributed by atoms with E-state index in [2.05, 4.69) is 24.3 Å². The molecule has 0 bridgehead atoms. The van der Waals surface area contributed by atoms with Crippen LogP contribution in [0.5, 0.6) is 0 Å². The first-order valence-electron chi connectivity index (χ1n) is 9.59. The van der Waals surface area contributed by atoms with Crippen LogP contribution in [-0.4, -0.2) is 23.3 Å². The molecule has 1 aliphatic heterocycles. The van der Waals surface area contributed by atoms with E-state index < -0.39 is 0 Å². The number of nitrogens with zero attached hydrogens (tertiary/aromatic N) is 1. The summed E-state index contributed by atoms with van der Waals surface area (Å²) in [5.41, 5.74) is 4.34. The van der Waals surface area contributed by atoms with Crippen molar-refractivity contribution in [2.75, 3.05) is 6.54 Å². The number of carbonyl (C=O) groups excluding carboxylic acids is 2. The Morgan fingerprint density at radius 2 is 1.38 bits per heavy atom. The van der Waals surface area contributed by atoms with Crippen molar-refractivity contribution in [3.05, 3.63) is 106 Å². The maximum atomic E-state index is 12.4. The van der Waals surface area contributed by atoms with Crippen molar-refractivity contribution in [3.8, 4) is 0 Å². The number of hydrogen-bond acceptors (Lipinski definition) is 2. The van der Waals surface area contributed by atoms with E-state index in [0.717, 1.165) is 24.0 Å². The molecule has 0 fully saturated rings. The van der Waals surface area contributed by atoms with Gasteiger partial charge in [0.2, 0.25) is 0 Å². The van der Waals surface area contributed by atoms with Gasteiger partial charge in [0.05, 0.1) is 11.1 Å². The molecule has 0 aromatic heterocycles. The van der Waals surface area contributed by atoms with Crippen LogP contribution < -0.4 is 0 Å². The highest BCUT2D eigenvalue weighted by atomic mass is 35.5. The summed E-state index contributed by atoms with van der Waals surface area (Å²) in [6.07, 6.45) is 5.61. The van der Waals surface area contributed by atoms with Crippen LogP contribution in [0.4, 0.5) is 0 Å². The molecule has 0 saturated carbocycles. The smallest absolute Gasteiger partial charge is 0.261 e. The number of rotatable bonds is 6. The second-order valence-corrected chi connectivity index (χ2v) is 7.48. The zero-order valence-electron chi connectivity index (χ0n) is 15.8. The van der Waals surface area contributed by atoms with Gasteiger partial charge in [0, 0.05) is 11.6 Å². The number of hydrogen-bond donors (Lipinski definition) is 0. The number of aryl methyl sites for hydroxylation is 1. The lowest BCUT2D eigenvalue weighted by molar-refractivity contribution is 0.0652. The van der Waals surface area contributed by atoms with Crippen molar-refractivity contribution in [1.29, 1.82) is 0 Å². The van der Waals surface area contributed by atoms with Gasteiger partial charge in [0.25, 0.3) is 11.8 Å². The van der Waals surface area contributed by atoms with Crippen LogP contribution in [0.15, 0.2) is 72.8 Å². The molecule has 0 radical (unpaired) electrons. The minimum atomic E-state index is -0.191. The Kier molecular flexibility index (Phi) is 5.59. The Bertz CT molecular complexity index is 1070. The predicted octanol–water partition coefficient (Wildman–Crippen LogP) is 5.74. The third-order valence-electron chi connectivity index (χ3n) is 4.99. The van der Waals surface area contributed by atoms with Gasteiger partial charge in [-0.3, -0.25) is 14.5 Å². The van der Waals surface area contributed by atoms with Crippen LogP contribution in [-0.2, 0) is 6.42 Å². The number of amides is 2. The van der Waals surface area contributed by atoms with Gasteiger partial charge in [0.1, 0.15) is 0 Å². The lowest BCUT2D eigenvalue weighted by Gasteiger charge is -2.13. The topological polar surface area (TPSA) is 37.4 Å². The first-order chi connectivity index (χ1) is 14.1. The standard InChI is InChI=1S/C25H20ClNO2/c26-21-10-4-8-20(17-21)14-13-19-7-3-6-18(16-19)9-5-15-27-24(28)22-11-1-2-12-23(22)25(27)29/h1-4,6-8,10-14,16-17H,5,9,15H2. The Labute approximate surface area is 175 Å². The highest BCUT2D eigenvalue weighted by Crippen LogP contribution is 2.23. The fourth-order valence-electron chi connectivity index (χ4n) is 3.54. The molecule has 0 N–H and O–H groups in total. The molecule has 29 heavy (non-hydrogen) atoms. The minimum absolute atomic E-state index is 0.191. The van der Waals surface area contributed by atoms with Gasteiger partial charge in [0.15, 0.2) is 0 Å². The van der Waals surface area contributed by atoms with E-state index >= 15 is 0 Å². The third kappa shape index (κ3) is 4.30. The molecule has 0 saturated heterocycles. The number of fused-ring (bicyclic) bond motifs is 1. The summed E-state index contributed by atoms with van der Waals surface area (Å²) in [7, 11) is 0. The molecule has 0 aliphatic carbocycles. The summed E-state index contributed by atoms with van der Waals surface area (Å²) in [5.74, 6) is -0.382. The molecule has 4 rings (SSSR count). The molecule has 2 amide bonds. The highest BCUT2D eigenvalue weighted by Gasteiger charge is 2.34. The number of benzene rings is 3. The fourth-order valence-corrected chi connectivity index (χ4v) is 3.74. The maximum Gasteiger partial charge on any atom is 0.261 e. The Morgan fingerprint density at radius 1 is 0.759 bits per heavy atom. The van der Waals surface area contributed by atoms with Gasteiger partial charge in [-0.05, 0) is 53.8 Å². The lowest BCUT2D eigenvalue weighted by Crippen LogP contribution is -2.30. The van der Waals surface area contributed by atoms with Crippen LogP contribution in [0.3, 0.4) is 0 Å². The summed E-state index contributed by atoms with van der Waals surface area (Å²) in [5, 5.41) is 0.717. The van der Waals surface area contributed by atoms with Gasteiger partial charge in [-0.15, -0.1) is 0 Å². The second-order valence-electron chi connectivity index (χ2n) is 7.04. The second kappa shape index (κ2) is 8.46. The largest absolute Gasteiger partial charge is 0.274 e. The van der Waals surface area contributed by atoms with Crippen molar-refractivity contribution in [3.63, 3.8) is 0 Å². The van der Waals surface area contributed by atoms with E-state index in [1.807, 2.05) is 36.4 Å². The van der Waals surface area contributed by atoms with E-state index in [1.165, 1.54) is 10.5 Å². The van der Waals surface area contributed by atoms with Crippen LogP contribution in [0.1, 0.15) is 43.8 Å². The van der Waals surface area contributed by atoms with Gasteiger partial charge >= 0.3 is 0 Å². The zero-order valence-corrected chi connectivity index (χ0v) is 16.6. The van der Waals surface area contributed by atoms with Gasteiger partial charge < -0.3 is 0 Å². The molecule has 3 nitrogen and oxygen atoms in total. The summed E-state index contributed by atoms with van der Waals surface area (Å²) >= 11 is 6.03. The monoisotopic (exact) mass is 401 g/mol. The third-order valence-corrected chi connectivity index (χ3v) is 5.23. The first-order valence-corrected chi connectivity index (χ1v) is 9.97. The normalized spacial score (nSPS) is 13.3. The van der Waals surface area contributed by atoms with Crippen LogP contribution >= 0.6 is 11.6 Å². The van der Waals surface area contributed by atoms with Crippen molar-refractivity contribution >= 4 is 35.6 Å². The van der Waals surface area contributed by atoms with Gasteiger partial charge in [-0.25, -0.2) is 0 Å². The molecule has 3 aromatic carbocycles. The van der Waals surface area contributed by atoms with Gasteiger partial charge in [-0.1, -0.05) is 72.3 Å². The van der Waals surface area contributed by atoms with Crippen LogP contribution in [0.2, 0.25) is 5.02 Å². The molecule has 0 unspecified atom stereocenters. The molecule has 3 aromatic rings. The minimum Gasteiger partial charge on any atom is -0.274 e. The van der Waals surface area contributed by atoms with Gasteiger partial charge in [-0.2, -0.15) is 0 Å². The highest BCUT2D eigenvalue weighted by molar-refractivity contribution is 6.30. The number of carbonyl (C=O) groups is 2. The predicted molar refractivity (Wildman–Crippen MR) is 117 cm³/mol. The average molecular weight is 402 g/mol. The summed E-state index contributed by atoms with van der Waals surface area (Å²) in [4.78, 5) is 26.2. The zero-order chi connectivity index (χ0) is 20.2. The molecular weight excluding hydrogens is 382 g/mol. The molecule has 1 aliphatic rings. The van der Waals surface area contributed by atoms with Crippen molar-refractivity contribution in [2.24, 2.45) is 0 Å². The number of halogens is 1. The molecule has 0 atom stereocenters. The fraction of sp³-hybridized carbons (Fsp3) is 0.120. The van der Waals surface area contributed by atoms with E-state index in [-0.39, 0.29) is 11.8 Å². The molecule has 4 heteroatoms. The Hall–Kier alpha value is -3.17. The van der Waals surface area contributed by atoms with E-state index in [0.29, 0.717) is 22.7 Å². The van der Waals surface area contributed by atoms with Crippen LogP contribution in [0, 0.1) is 0 Å². The maximum absolute atomic E-state index is 12.4. The summed E-state index contributed by atoms with van der Waals surface area (Å²) < 4.78 is 0. The first kappa shape index (κ1) is 19.2. The molecule has 144 valence electrons. The molecule has 1 heterocycles. The molecular formula is C25H20ClNO2. The quantitative estimate of drug-likeness (QED) is 0.390.